The first-order valence-corrected chi connectivity index (χ1v) is 11.7. The number of fused-ring (bicyclic) bond motifs is 1. The maximum atomic E-state index is 13.2. The van der Waals surface area contributed by atoms with Crippen molar-refractivity contribution in [2.45, 2.75) is 6.92 Å². The lowest BCUT2D eigenvalue weighted by molar-refractivity contribution is -0.134. The first-order chi connectivity index (χ1) is 17.7. The Morgan fingerprint density at radius 2 is 1.86 bits per heavy atom. The number of carbonyl (C=O) groups is 2. The van der Waals surface area contributed by atoms with Gasteiger partial charge in [-0.1, -0.05) is 39.7 Å². The highest BCUT2D eigenvalue weighted by atomic mass is 79.9. The number of aliphatic carboxylic acids is 1. The number of ether oxygens (including phenoxy) is 1. The first kappa shape index (κ1) is 27.1. The molecule has 0 atom stereocenters. The van der Waals surface area contributed by atoms with E-state index in [0.717, 1.165) is 11.4 Å². The minimum atomic E-state index is -0.833. The predicted molar refractivity (Wildman–Crippen MR) is 143 cm³/mol. The molecule has 11 heteroatoms. The van der Waals surface area contributed by atoms with Gasteiger partial charge in [-0.2, -0.15) is 10.2 Å². The molecule has 186 valence electrons. The van der Waals surface area contributed by atoms with Crippen LogP contribution in [0.1, 0.15) is 12.5 Å². The molecule has 0 bridgehead atoms. The normalized spacial score (nSPS) is 10.6. The van der Waals surface area contributed by atoms with Crippen LogP contribution in [0.5, 0.6) is 11.6 Å². The standard InChI is InChI=1S/C24H14BrClN4O3.C2H4O2/c25-16-7-9-19(10-8-16)33-23-20(24(32)30-11-2-1-6-21(30)29-23)12-15(14-27)22(31)28-18-5-3-4-17(26)13-18;1-2(3)4/h1-13H,(H,28,31);1H3,(H,3,4)/b15-12-;. The zero-order valence-corrected chi connectivity index (χ0v) is 21.5. The lowest BCUT2D eigenvalue weighted by Gasteiger charge is -2.10. The Morgan fingerprint density at radius 3 is 2.51 bits per heavy atom. The number of carboxylic acid groups (broad SMARTS) is 1. The maximum absolute atomic E-state index is 13.2. The molecule has 0 saturated carbocycles. The van der Waals surface area contributed by atoms with Crippen molar-refractivity contribution in [3.8, 4) is 17.7 Å². The van der Waals surface area contributed by atoms with Crippen molar-refractivity contribution in [2.75, 3.05) is 5.32 Å². The van der Waals surface area contributed by atoms with Gasteiger partial charge in [-0.05, 0) is 60.7 Å². The van der Waals surface area contributed by atoms with Crippen molar-refractivity contribution in [3.63, 3.8) is 0 Å². The summed E-state index contributed by atoms with van der Waals surface area (Å²) in [5.74, 6) is -1.13. The highest BCUT2D eigenvalue weighted by Gasteiger charge is 2.17. The van der Waals surface area contributed by atoms with Gasteiger partial charge in [0.2, 0.25) is 5.88 Å². The first-order valence-electron chi connectivity index (χ1n) is 10.5. The second-order valence-corrected chi connectivity index (χ2v) is 8.63. The van der Waals surface area contributed by atoms with Crippen LogP contribution in [0.2, 0.25) is 5.02 Å². The van der Waals surface area contributed by atoms with Gasteiger partial charge in [-0.25, -0.2) is 0 Å². The van der Waals surface area contributed by atoms with Crippen LogP contribution < -0.4 is 15.6 Å². The molecule has 2 heterocycles. The number of carboxylic acids is 1. The average molecular weight is 582 g/mol. The Kier molecular flexibility index (Phi) is 9.16. The molecule has 0 radical (unpaired) electrons. The number of pyridine rings is 1. The minimum Gasteiger partial charge on any atom is -0.481 e. The number of rotatable bonds is 5. The average Bonchev–Trinajstić information content (AvgIpc) is 2.85. The lowest BCUT2D eigenvalue weighted by atomic mass is 10.1. The van der Waals surface area contributed by atoms with Gasteiger partial charge in [-0.3, -0.25) is 18.8 Å². The van der Waals surface area contributed by atoms with Gasteiger partial charge in [0.15, 0.2) is 0 Å². The number of aromatic nitrogens is 2. The molecule has 1 amide bonds. The molecule has 2 aromatic heterocycles. The van der Waals surface area contributed by atoms with E-state index >= 15 is 0 Å². The van der Waals surface area contributed by atoms with Crippen LogP contribution in [0.15, 0.2) is 87.8 Å². The quantitative estimate of drug-likeness (QED) is 0.233. The number of nitrogens with zero attached hydrogens (tertiary/aromatic N) is 3. The number of nitrogens with one attached hydrogen (secondary N) is 1. The summed E-state index contributed by atoms with van der Waals surface area (Å²) in [6.07, 6.45) is 2.71. The molecule has 0 spiro atoms. The second kappa shape index (κ2) is 12.5. The van der Waals surface area contributed by atoms with Crippen molar-refractivity contribution in [3.05, 3.63) is 104 Å². The Balaban J connectivity index is 0.000000886. The summed E-state index contributed by atoms with van der Waals surface area (Å²) in [7, 11) is 0. The van der Waals surface area contributed by atoms with E-state index < -0.39 is 17.4 Å². The van der Waals surface area contributed by atoms with Crippen molar-refractivity contribution in [1.82, 2.24) is 9.38 Å². The number of benzene rings is 2. The van der Waals surface area contributed by atoms with E-state index in [0.29, 0.717) is 22.1 Å². The van der Waals surface area contributed by atoms with Crippen molar-refractivity contribution < 1.29 is 19.4 Å². The third kappa shape index (κ3) is 7.51. The van der Waals surface area contributed by atoms with E-state index in [1.165, 1.54) is 10.5 Å². The van der Waals surface area contributed by atoms with Gasteiger partial charge in [0, 0.05) is 28.3 Å². The van der Waals surface area contributed by atoms with E-state index in [1.54, 1.807) is 72.9 Å². The number of carbonyl (C=O) groups excluding carboxylic acids is 1. The summed E-state index contributed by atoms with van der Waals surface area (Å²) in [6.45, 7) is 1.08. The van der Waals surface area contributed by atoms with E-state index in [4.69, 9.17) is 26.2 Å². The Morgan fingerprint density at radius 1 is 1.16 bits per heavy atom. The number of hydrogen-bond donors (Lipinski definition) is 2. The summed E-state index contributed by atoms with van der Waals surface area (Å²) >= 11 is 9.31. The maximum Gasteiger partial charge on any atom is 0.300 e. The number of amides is 1. The topological polar surface area (TPSA) is 134 Å². The highest BCUT2D eigenvalue weighted by molar-refractivity contribution is 9.10. The van der Waals surface area contributed by atoms with Crippen LogP contribution in [0.3, 0.4) is 0 Å². The third-order valence-corrected chi connectivity index (χ3v) is 5.26. The number of anilines is 1. The Hall–Kier alpha value is -4.46. The van der Waals surface area contributed by atoms with E-state index in [-0.39, 0.29) is 17.0 Å². The third-order valence-electron chi connectivity index (χ3n) is 4.50. The fourth-order valence-corrected chi connectivity index (χ4v) is 3.41. The molecule has 0 aliphatic heterocycles. The number of halogens is 2. The number of hydrogen-bond acceptors (Lipinski definition) is 6. The lowest BCUT2D eigenvalue weighted by Crippen LogP contribution is -2.20. The van der Waals surface area contributed by atoms with Gasteiger partial charge in [0.25, 0.3) is 17.4 Å². The molecule has 0 fully saturated rings. The van der Waals surface area contributed by atoms with Crippen LogP contribution >= 0.6 is 27.5 Å². The fourth-order valence-electron chi connectivity index (χ4n) is 2.96. The van der Waals surface area contributed by atoms with Crippen LogP contribution in [0.25, 0.3) is 11.7 Å². The van der Waals surface area contributed by atoms with Gasteiger partial charge in [0.1, 0.15) is 28.6 Å². The molecule has 0 unspecified atom stereocenters. The van der Waals surface area contributed by atoms with E-state index in [2.05, 4.69) is 26.2 Å². The highest BCUT2D eigenvalue weighted by Crippen LogP contribution is 2.25. The van der Waals surface area contributed by atoms with Gasteiger partial charge < -0.3 is 15.2 Å². The van der Waals surface area contributed by atoms with Gasteiger partial charge in [0.05, 0.1) is 0 Å². The molecular weight excluding hydrogens is 564 g/mol. The largest absolute Gasteiger partial charge is 0.481 e. The summed E-state index contributed by atoms with van der Waals surface area (Å²) in [5.41, 5.74) is -0.0668. The van der Waals surface area contributed by atoms with Crippen LogP contribution in [-0.2, 0) is 9.59 Å². The molecule has 4 rings (SSSR count). The summed E-state index contributed by atoms with van der Waals surface area (Å²) < 4.78 is 8.03. The van der Waals surface area contributed by atoms with Crippen LogP contribution in [0.4, 0.5) is 5.69 Å². The smallest absolute Gasteiger partial charge is 0.300 e. The molecule has 0 aliphatic rings. The summed E-state index contributed by atoms with van der Waals surface area (Å²) in [4.78, 5) is 39.3. The fraction of sp³-hybridized carbons (Fsp3) is 0.0385. The Bertz CT molecular complexity index is 1590. The van der Waals surface area contributed by atoms with E-state index in [9.17, 15) is 14.9 Å². The molecule has 37 heavy (non-hydrogen) atoms. The molecule has 2 aromatic carbocycles. The zero-order valence-electron chi connectivity index (χ0n) is 19.2. The molecule has 4 aromatic rings. The van der Waals surface area contributed by atoms with Crippen molar-refractivity contribution >= 4 is 56.8 Å². The monoisotopic (exact) mass is 580 g/mol. The molecule has 0 saturated heterocycles. The van der Waals surface area contributed by atoms with Gasteiger partial charge in [-0.15, -0.1) is 0 Å². The second-order valence-electron chi connectivity index (χ2n) is 7.27. The molecular formula is C26H18BrClN4O5. The predicted octanol–water partition coefficient (Wildman–Crippen LogP) is 5.54. The molecule has 2 N–H and O–H groups in total. The minimum absolute atomic E-state index is 0.0307. The molecule has 0 aliphatic carbocycles. The van der Waals surface area contributed by atoms with Crippen molar-refractivity contribution in [2.24, 2.45) is 0 Å². The summed E-state index contributed by atoms with van der Waals surface area (Å²) in [5, 5.41) is 20.1. The number of nitriles is 1. The van der Waals surface area contributed by atoms with Crippen LogP contribution in [0, 0.1) is 11.3 Å². The SMILES string of the molecule is CC(=O)O.N#C/C(=C/c1c(Oc2ccc(Br)cc2)nc2ccccn2c1=O)C(=O)Nc1cccc(Cl)c1. The molecule has 9 nitrogen and oxygen atoms in total. The van der Waals surface area contributed by atoms with Crippen molar-refractivity contribution in [1.29, 1.82) is 5.26 Å². The van der Waals surface area contributed by atoms with Gasteiger partial charge >= 0.3 is 0 Å². The van der Waals surface area contributed by atoms with E-state index in [1.807, 2.05) is 6.07 Å². The zero-order chi connectivity index (χ0) is 26.9. The Labute approximate surface area is 224 Å². The van der Waals surface area contributed by atoms with Crippen LogP contribution in [-0.4, -0.2) is 26.4 Å². The summed E-state index contributed by atoms with van der Waals surface area (Å²) in [6, 6.07) is 20.3.